The summed E-state index contributed by atoms with van der Waals surface area (Å²) in [6, 6.07) is 0. The van der Waals surface area contributed by atoms with Gasteiger partial charge in [0, 0.05) is 12.0 Å². The molecule has 88 valence electrons. The highest BCUT2D eigenvalue weighted by atomic mass is 16.3. The number of aliphatic hydroxyl groups is 1. The van der Waals surface area contributed by atoms with Crippen molar-refractivity contribution in [2.24, 2.45) is 23.0 Å². The van der Waals surface area contributed by atoms with E-state index in [1.807, 2.05) is 0 Å². The van der Waals surface area contributed by atoms with Gasteiger partial charge in [-0.05, 0) is 37.5 Å². The lowest BCUT2D eigenvalue weighted by Crippen LogP contribution is -2.43. The Hall–Kier alpha value is -0.0800. The van der Waals surface area contributed by atoms with E-state index >= 15 is 0 Å². The molecule has 3 N–H and O–H groups in total. The number of aliphatic hydroxyl groups excluding tert-OH is 1. The van der Waals surface area contributed by atoms with Gasteiger partial charge in [-0.2, -0.15) is 0 Å². The van der Waals surface area contributed by atoms with Crippen LogP contribution in [0.25, 0.3) is 0 Å². The average Bonchev–Trinajstić information content (AvgIpc) is 2.86. The molecule has 3 atom stereocenters. The minimum absolute atomic E-state index is 0.0639. The van der Waals surface area contributed by atoms with E-state index in [0.717, 1.165) is 18.8 Å². The highest BCUT2D eigenvalue weighted by Gasteiger charge is 2.45. The zero-order valence-electron chi connectivity index (χ0n) is 9.91. The second kappa shape index (κ2) is 4.42. The zero-order chi connectivity index (χ0) is 10.9. The Kier molecular flexibility index (Phi) is 3.36. The van der Waals surface area contributed by atoms with Crippen molar-refractivity contribution in [3.63, 3.8) is 0 Å². The summed E-state index contributed by atoms with van der Waals surface area (Å²) in [4.78, 5) is 0. The number of nitrogens with two attached hydrogens (primary N) is 1. The van der Waals surface area contributed by atoms with E-state index in [1.165, 1.54) is 32.1 Å². The van der Waals surface area contributed by atoms with Crippen LogP contribution in [0.15, 0.2) is 0 Å². The van der Waals surface area contributed by atoms with Crippen LogP contribution in [0.2, 0.25) is 0 Å². The van der Waals surface area contributed by atoms with Crippen LogP contribution in [-0.4, -0.2) is 17.8 Å². The molecule has 2 aliphatic carbocycles. The van der Waals surface area contributed by atoms with Crippen LogP contribution in [0.3, 0.4) is 0 Å². The minimum atomic E-state index is -0.130. The molecule has 0 amide bonds. The first-order chi connectivity index (χ1) is 7.18. The molecule has 2 saturated carbocycles. The Labute approximate surface area is 93.2 Å². The Bertz CT molecular complexity index is 213. The summed E-state index contributed by atoms with van der Waals surface area (Å²) in [5, 5.41) is 10.5. The number of hydrogen-bond donors (Lipinski definition) is 2. The lowest BCUT2D eigenvalue weighted by Gasteiger charge is -2.37. The Morgan fingerprint density at radius 3 is 2.47 bits per heavy atom. The molecule has 3 unspecified atom stereocenters. The maximum absolute atomic E-state index is 10.5. The van der Waals surface area contributed by atoms with Gasteiger partial charge in [-0.3, -0.25) is 0 Å². The third kappa shape index (κ3) is 2.07. The fraction of sp³-hybridized carbons (Fsp3) is 1.00. The van der Waals surface area contributed by atoms with E-state index in [2.05, 4.69) is 6.92 Å². The summed E-state index contributed by atoms with van der Waals surface area (Å²) in [5.41, 5.74) is 6.00. The van der Waals surface area contributed by atoms with E-state index in [0.29, 0.717) is 12.5 Å². The van der Waals surface area contributed by atoms with Crippen molar-refractivity contribution in [2.75, 3.05) is 6.54 Å². The van der Waals surface area contributed by atoms with Gasteiger partial charge in [0.2, 0.25) is 0 Å². The molecule has 0 bridgehead atoms. The van der Waals surface area contributed by atoms with E-state index in [1.54, 1.807) is 0 Å². The normalized spacial score (nSPS) is 39.8. The summed E-state index contributed by atoms with van der Waals surface area (Å²) in [7, 11) is 0. The molecule has 0 aromatic rings. The van der Waals surface area contributed by atoms with Crippen LogP contribution in [0, 0.1) is 17.3 Å². The van der Waals surface area contributed by atoms with Gasteiger partial charge in [-0.1, -0.05) is 26.2 Å². The van der Waals surface area contributed by atoms with Crippen molar-refractivity contribution in [2.45, 2.75) is 58.0 Å². The van der Waals surface area contributed by atoms with Gasteiger partial charge in [-0.15, -0.1) is 0 Å². The van der Waals surface area contributed by atoms with E-state index < -0.39 is 0 Å². The van der Waals surface area contributed by atoms with Gasteiger partial charge in [0.25, 0.3) is 0 Å². The minimum Gasteiger partial charge on any atom is -0.392 e. The van der Waals surface area contributed by atoms with Crippen molar-refractivity contribution < 1.29 is 5.11 Å². The first kappa shape index (κ1) is 11.4. The van der Waals surface area contributed by atoms with Crippen molar-refractivity contribution >= 4 is 0 Å². The first-order valence-electron chi connectivity index (χ1n) is 6.56. The fourth-order valence-corrected chi connectivity index (χ4v) is 3.78. The second-order valence-corrected chi connectivity index (χ2v) is 5.90. The molecule has 2 rings (SSSR count). The molecular weight excluding hydrogens is 186 g/mol. The standard InChI is InChI=1S/C13H25NO/c1-10-6-7-13(8-10,9-14)12(15)11-4-2-3-5-11/h10-12,15H,2-9,14H2,1H3. The van der Waals surface area contributed by atoms with Crippen molar-refractivity contribution in [1.82, 2.24) is 0 Å². The van der Waals surface area contributed by atoms with Gasteiger partial charge in [-0.25, -0.2) is 0 Å². The van der Waals surface area contributed by atoms with Gasteiger partial charge >= 0.3 is 0 Å². The van der Waals surface area contributed by atoms with Crippen LogP contribution in [0.1, 0.15) is 51.9 Å². The summed E-state index contributed by atoms with van der Waals surface area (Å²) < 4.78 is 0. The molecule has 2 nitrogen and oxygen atoms in total. The topological polar surface area (TPSA) is 46.2 Å². The summed E-state index contributed by atoms with van der Waals surface area (Å²) in [6.45, 7) is 2.97. The first-order valence-corrected chi connectivity index (χ1v) is 6.56. The predicted octanol–water partition coefficient (Wildman–Crippen LogP) is 2.30. The molecule has 15 heavy (non-hydrogen) atoms. The summed E-state index contributed by atoms with van der Waals surface area (Å²) >= 11 is 0. The van der Waals surface area contributed by atoms with Crippen molar-refractivity contribution in [3.05, 3.63) is 0 Å². The lowest BCUT2D eigenvalue weighted by molar-refractivity contribution is -0.0114. The van der Waals surface area contributed by atoms with E-state index in [4.69, 9.17) is 5.73 Å². The van der Waals surface area contributed by atoms with Crippen molar-refractivity contribution in [3.8, 4) is 0 Å². The molecule has 2 heteroatoms. The molecule has 2 fully saturated rings. The van der Waals surface area contributed by atoms with Gasteiger partial charge in [0.1, 0.15) is 0 Å². The highest BCUT2D eigenvalue weighted by molar-refractivity contribution is 4.97. The lowest BCUT2D eigenvalue weighted by atomic mass is 9.74. The quantitative estimate of drug-likeness (QED) is 0.752. The Morgan fingerprint density at radius 1 is 1.33 bits per heavy atom. The Morgan fingerprint density at radius 2 is 2.00 bits per heavy atom. The summed E-state index contributed by atoms with van der Waals surface area (Å²) in [6.07, 6.45) is 8.45. The largest absolute Gasteiger partial charge is 0.392 e. The van der Waals surface area contributed by atoms with Crippen LogP contribution < -0.4 is 5.73 Å². The van der Waals surface area contributed by atoms with E-state index in [-0.39, 0.29) is 11.5 Å². The Balaban J connectivity index is 2.04. The zero-order valence-corrected chi connectivity index (χ0v) is 9.91. The van der Waals surface area contributed by atoms with Crippen LogP contribution in [0.4, 0.5) is 0 Å². The maximum atomic E-state index is 10.5. The molecule has 2 aliphatic rings. The molecular formula is C13H25NO. The molecule has 0 spiro atoms. The van der Waals surface area contributed by atoms with Crippen LogP contribution >= 0.6 is 0 Å². The SMILES string of the molecule is CC1CCC(CN)(C(O)C2CCCC2)C1. The van der Waals surface area contributed by atoms with Gasteiger partial charge in [0.15, 0.2) is 0 Å². The molecule has 0 aliphatic heterocycles. The third-order valence-electron chi connectivity index (χ3n) is 4.77. The monoisotopic (exact) mass is 211 g/mol. The van der Waals surface area contributed by atoms with Crippen molar-refractivity contribution in [1.29, 1.82) is 0 Å². The van der Waals surface area contributed by atoms with Gasteiger partial charge < -0.3 is 10.8 Å². The number of rotatable bonds is 3. The molecule has 0 aromatic carbocycles. The fourth-order valence-electron chi connectivity index (χ4n) is 3.78. The predicted molar refractivity (Wildman–Crippen MR) is 62.5 cm³/mol. The molecule has 0 radical (unpaired) electrons. The number of hydrogen-bond acceptors (Lipinski definition) is 2. The molecule has 0 saturated heterocycles. The second-order valence-electron chi connectivity index (χ2n) is 5.90. The summed E-state index contributed by atoms with van der Waals surface area (Å²) in [5.74, 6) is 1.29. The molecule has 0 aromatic heterocycles. The third-order valence-corrected chi connectivity index (χ3v) is 4.77. The van der Waals surface area contributed by atoms with Crippen LogP contribution in [-0.2, 0) is 0 Å². The van der Waals surface area contributed by atoms with E-state index in [9.17, 15) is 5.11 Å². The average molecular weight is 211 g/mol. The maximum Gasteiger partial charge on any atom is 0.0636 e. The molecule has 0 heterocycles. The van der Waals surface area contributed by atoms with Gasteiger partial charge in [0.05, 0.1) is 6.10 Å². The highest BCUT2D eigenvalue weighted by Crippen LogP contribution is 2.47. The smallest absolute Gasteiger partial charge is 0.0636 e. The van der Waals surface area contributed by atoms with Crippen LogP contribution in [0.5, 0.6) is 0 Å².